The van der Waals surface area contributed by atoms with Gasteiger partial charge in [-0.2, -0.15) is 0 Å². The molecule has 1 aliphatic heterocycles. The van der Waals surface area contributed by atoms with E-state index in [1.54, 1.807) is 17.9 Å². The second-order valence-electron chi connectivity index (χ2n) is 6.49. The summed E-state index contributed by atoms with van der Waals surface area (Å²) < 4.78 is 11.9. The molecule has 1 aliphatic rings. The van der Waals surface area contributed by atoms with Gasteiger partial charge in [-0.15, -0.1) is 0 Å². The van der Waals surface area contributed by atoms with Gasteiger partial charge in [-0.05, 0) is 37.8 Å². The molecule has 1 amide bonds. The van der Waals surface area contributed by atoms with Crippen molar-refractivity contribution in [2.24, 2.45) is 0 Å². The zero-order chi connectivity index (χ0) is 18.1. The number of nitrogens with zero attached hydrogens (tertiary/aromatic N) is 3. The van der Waals surface area contributed by atoms with Crippen molar-refractivity contribution in [3.8, 4) is 0 Å². The molecular formula is C19H21N3O3S. The highest BCUT2D eigenvalue weighted by molar-refractivity contribution is 7.22. The van der Waals surface area contributed by atoms with Gasteiger partial charge < -0.3 is 9.26 Å². The fourth-order valence-electron chi connectivity index (χ4n) is 3.24. The molecule has 7 heteroatoms. The Bertz CT molecular complexity index is 927. The highest BCUT2D eigenvalue weighted by Crippen LogP contribution is 2.32. The van der Waals surface area contributed by atoms with Crippen molar-refractivity contribution in [3.63, 3.8) is 0 Å². The summed E-state index contributed by atoms with van der Waals surface area (Å²) in [6.07, 6.45) is 2.91. The van der Waals surface area contributed by atoms with Crippen LogP contribution in [-0.4, -0.2) is 35.3 Å². The lowest BCUT2D eigenvalue weighted by Gasteiger charge is -2.21. The number of anilines is 1. The normalized spacial score (nSPS) is 17.1. The summed E-state index contributed by atoms with van der Waals surface area (Å²) in [7, 11) is 0. The second-order valence-corrected chi connectivity index (χ2v) is 7.50. The number of benzene rings is 1. The zero-order valence-corrected chi connectivity index (χ0v) is 15.7. The number of hydrogen-bond acceptors (Lipinski definition) is 6. The number of amides is 1. The fraction of sp³-hybridized carbons (Fsp3) is 0.421. The molecule has 1 unspecified atom stereocenters. The van der Waals surface area contributed by atoms with E-state index < -0.39 is 0 Å². The SMILES string of the molecule is CCc1cccc2sc(N(CC3CCCO3)C(=O)c3cc(C)on3)nc12. The Hall–Kier alpha value is -2.25. The molecule has 0 radical (unpaired) electrons. The zero-order valence-electron chi connectivity index (χ0n) is 14.9. The van der Waals surface area contributed by atoms with E-state index in [-0.39, 0.29) is 12.0 Å². The summed E-state index contributed by atoms with van der Waals surface area (Å²) in [6, 6.07) is 7.83. The quantitative estimate of drug-likeness (QED) is 0.678. The molecule has 1 atom stereocenters. The third-order valence-electron chi connectivity index (χ3n) is 4.61. The largest absolute Gasteiger partial charge is 0.376 e. The molecule has 1 saturated heterocycles. The van der Waals surface area contributed by atoms with Crippen molar-refractivity contribution in [2.75, 3.05) is 18.1 Å². The van der Waals surface area contributed by atoms with Crippen molar-refractivity contribution in [2.45, 2.75) is 39.2 Å². The molecule has 136 valence electrons. The highest BCUT2D eigenvalue weighted by Gasteiger charge is 2.28. The summed E-state index contributed by atoms with van der Waals surface area (Å²) in [5.41, 5.74) is 2.46. The maximum atomic E-state index is 13.1. The van der Waals surface area contributed by atoms with Crippen LogP contribution in [0.15, 0.2) is 28.8 Å². The van der Waals surface area contributed by atoms with Gasteiger partial charge in [-0.3, -0.25) is 9.69 Å². The number of para-hydroxylation sites is 1. The molecule has 3 aromatic rings. The smallest absolute Gasteiger partial charge is 0.282 e. The number of thiazole rings is 1. The van der Waals surface area contributed by atoms with Crippen LogP contribution in [0, 0.1) is 6.92 Å². The summed E-state index contributed by atoms with van der Waals surface area (Å²) >= 11 is 1.53. The predicted octanol–water partition coefficient (Wildman–Crippen LogP) is 3.98. The maximum absolute atomic E-state index is 13.1. The third-order valence-corrected chi connectivity index (χ3v) is 5.65. The number of aromatic nitrogens is 2. The van der Waals surface area contributed by atoms with Gasteiger partial charge in [0.25, 0.3) is 5.91 Å². The van der Waals surface area contributed by atoms with E-state index in [1.165, 1.54) is 16.9 Å². The molecule has 4 rings (SSSR count). The summed E-state index contributed by atoms with van der Waals surface area (Å²) in [6.45, 7) is 5.11. The van der Waals surface area contributed by atoms with E-state index in [4.69, 9.17) is 14.2 Å². The van der Waals surface area contributed by atoms with Gasteiger partial charge in [0.15, 0.2) is 10.8 Å². The number of carbonyl (C=O) groups is 1. The Morgan fingerprint density at radius 2 is 2.31 bits per heavy atom. The Labute approximate surface area is 155 Å². The van der Waals surface area contributed by atoms with E-state index in [1.807, 2.05) is 12.1 Å². The monoisotopic (exact) mass is 371 g/mol. The highest BCUT2D eigenvalue weighted by atomic mass is 32.1. The van der Waals surface area contributed by atoms with Gasteiger partial charge in [0, 0.05) is 12.7 Å². The standard InChI is InChI=1S/C19H21N3O3S/c1-3-13-6-4-8-16-17(13)20-19(26-16)22(11-14-7-5-9-24-14)18(23)15-10-12(2)25-21-15/h4,6,8,10,14H,3,5,7,9,11H2,1-2H3. The topological polar surface area (TPSA) is 68.5 Å². The van der Waals surface area contributed by atoms with Crippen molar-refractivity contribution >= 4 is 32.6 Å². The van der Waals surface area contributed by atoms with Crippen LogP contribution in [-0.2, 0) is 11.2 Å². The van der Waals surface area contributed by atoms with Crippen LogP contribution in [0.1, 0.15) is 41.6 Å². The lowest BCUT2D eigenvalue weighted by molar-refractivity contribution is 0.0910. The van der Waals surface area contributed by atoms with Crippen molar-refractivity contribution < 1.29 is 14.1 Å². The van der Waals surface area contributed by atoms with Crippen LogP contribution in [0.4, 0.5) is 5.13 Å². The molecule has 0 N–H and O–H groups in total. The summed E-state index contributed by atoms with van der Waals surface area (Å²) in [5.74, 6) is 0.414. The molecule has 0 aliphatic carbocycles. The minimum atomic E-state index is -0.200. The summed E-state index contributed by atoms with van der Waals surface area (Å²) in [5, 5.41) is 4.58. The summed E-state index contributed by atoms with van der Waals surface area (Å²) in [4.78, 5) is 19.6. The molecule has 6 nitrogen and oxygen atoms in total. The van der Waals surface area contributed by atoms with Crippen LogP contribution in [0.5, 0.6) is 0 Å². The molecule has 2 aromatic heterocycles. The number of hydrogen-bond donors (Lipinski definition) is 0. The maximum Gasteiger partial charge on any atom is 0.282 e. The van der Waals surface area contributed by atoms with Crippen LogP contribution >= 0.6 is 11.3 Å². The molecule has 0 bridgehead atoms. The molecule has 26 heavy (non-hydrogen) atoms. The number of fused-ring (bicyclic) bond motifs is 1. The third kappa shape index (κ3) is 3.24. The molecule has 0 spiro atoms. The molecule has 1 aromatic carbocycles. The first-order valence-electron chi connectivity index (χ1n) is 8.91. The van der Waals surface area contributed by atoms with E-state index in [2.05, 4.69) is 18.1 Å². The van der Waals surface area contributed by atoms with E-state index in [9.17, 15) is 4.79 Å². The Morgan fingerprint density at radius 1 is 1.42 bits per heavy atom. The average Bonchev–Trinajstić information content (AvgIpc) is 3.38. The number of rotatable bonds is 5. The van der Waals surface area contributed by atoms with Gasteiger partial charge in [0.1, 0.15) is 5.76 Å². The first-order valence-corrected chi connectivity index (χ1v) is 9.72. The number of carbonyl (C=O) groups excluding carboxylic acids is 1. The average molecular weight is 371 g/mol. The van der Waals surface area contributed by atoms with E-state index in [0.717, 1.165) is 36.1 Å². The van der Waals surface area contributed by atoms with Gasteiger partial charge in [0.2, 0.25) is 0 Å². The van der Waals surface area contributed by atoms with Crippen molar-refractivity contribution in [3.05, 3.63) is 41.3 Å². The Kier molecular flexibility index (Phi) is 4.74. The lowest BCUT2D eigenvalue weighted by Crippen LogP contribution is -2.37. The minimum absolute atomic E-state index is 0.0320. The Balaban J connectivity index is 1.73. The van der Waals surface area contributed by atoms with Gasteiger partial charge in [0.05, 0.1) is 22.9 Å². The minimum Gasteiger partial charge on any atom is -0.376 e. The van der Waals surface area contributed by atoms with E-state index >= 15 is 0 Å². The van der Waals surface area contributed by atoms with Crippen molar-refractivity contribution in [1.29, 1.82) is 0 Å². The molecule has 0 saturated carbocycles. The van der Waals surface area contributed by atoms with Gasteiger partial charge >= 0.3 is 0 Å². The van der Waals surface area contributed by atoms with Crippen LogP contribution in [0.3, 0.4) is 0 Å². The molecular weight excluding hydrogens is 350 g/mol. The van der Waals surface area contributed by atoms with Gasteiger partial charge in [-0.25, -0.2) is 4.98 Å². The Morgan fingerprint density at radius 3 is 3.00 bits per heavy atom. The fourth-order valence-corrected chi connectivity index (χ4v) is 4.26. The van der Waals surface area contributed by atoms with Crippen molar-refractivity contribution in [1.82, 2.24) is 10.1 Å². The van der Waals surface area contributed by atoms with Crippen LogP contribution < -0.4 is 4.90 Å². The lowest BCUT2D eigenvalue weighted by atomic mass is 10.1. The van der Waals surface area contributed by atoms with Crippen LogP contribution in [0.2, 0.25) is 0 Å². The predicted molar refractivity (Wildman–Crippen MR) is 101 cm³/mol. The van der Waals surface area contributed by atoms with Gasteiger partial charge in [-0.1, -0.05) is 35.5 Å². The second kappa shape index (κ2) is 7.17. The number of ether oxygens (including phenoxy) is 1. The molecule has 1 fully saturated rings. The first-order chi connectivity index (χ1) is 12.7. The molecule has 3 heterocycles. The first kappa shape index (κ1) is 17.2. The number of aryl methyl sites for hydroxylation is 2. The van der Waals surface area contributed by atoms with Crippen LogP contribution in [0.25, 0.3) is 10.2 Å². The van der Waals surface area contributed by atoms with E-state index in [0.29, 0.717) is 23.1 Å².